The van der Waals surface area contributed by atoms with Crippen LogP contribution >= 0.6 is 0 Å². The lowest BCUT2D eigenvalue weighted by Gasteiger charge is -2.14. The van der Waals surface area contributed by atoms with E-state index in [9.17, 15) is 0 Å². The minimum absolute atomic E-state index is 0.175. The first kappa shape index (κ1) is 11.5. The van der Waals surface area contributed by atoms with E-state index in [1.165, 1.54) is 30.2 Å². The summed E-state index contributed by atoms with van der Waals surface area (Å²) in [5.41, 5.74) is 8.90. The van der Waals surface area contributed by atoms with Gasteiger partial charge in [0.2, 0.25) is 0 Å². The molecule has 1 aromatic carbocycles. The summed E-state index contributed by atoms with van der Waals surface area (Å²) in [5.74, 6) is 3.60. The highest BCUT2D eigenvalue weighted by Crippen LogP contribution is 2.62. The lowest BCUT2D eigenvalue weighted by molar-refractivity contribution is 0.482. The molecule has 0 amide bonds. The molecule has 2 heteroatoms. The summed E-state index contributed by atoms with van der Waals surface area (Å²) in [5, 5.41) is 1.23. The molecule has 0 spiro atoms. The van der Waals surface area contributed by atoms with Crippen LogP contribution in [0, 0.1) is 17.8 Å². The molecule has 2 aromatic rings. The quantitative estimate of drug-likeness (QED) is 0.899. The first-order valence-corrected chi connectivity index (χ1v) is 7.57. The van der Waals surface area contributed by atoms with Crippen molar-refractivity contribution in [3.8, 4) is 0 Å². The van der Waals surface area contributed by atoms with Gasteiger partial charge < -0.3 is 10.2 Å². The zero-order valence-electron chi connectivity index (χ0n) is 11.4. The Kier molecular flexibility index (Phi) is 2.49. The van der Waals surface area contributed by atoms with Gasteiger partial charge >= 0.3 is 0 Å². The maximum atomic E-state index is 6.62. The van der Waals surface area contributed by atoms with Crippen molar-refractivity contribution < 1.29 is 4.42 Å². The van der Waals surface area contributed by atoms with E-state index in [1.54, 1.807) is 0 Å². The number of nitrogens with two attached hydrogens (primary N) is 1. The fourth-order valence-electron chi connectivity index (χ4n) is 4.35. The summed E-state index contributed by atoms with van der Waals surface area (Å²) in [6, 6.07) is 8.51. The van der Waals surface area contributed by atoms with E-state index in [0.717, 1.165) is 29.6 Å². The van der Waals surface area contributed by atoms with Crippen LogP contribution in [0.3, 0.4) is 0 Å². The molecule has 2 aliphatic rings. The lowest BCUT2D eigenvalue weighted by atomic mass is 9.94. The second kappa shape index (κ2) is 4.11. The van der Waals surface area contributed by atoms with Crippen LogP contribution in [0.1, 0.15) is 43.6 Å². The number of hydrogen-bond acceptors (Lipinski definition) is 2. The first-order chi connectivity index (χ1) is 9.31. The lowest BCUT2D eigenvalue weighted by Crippen LogP contribution is -2.16. The third-order valence-corrected chi connectivity index (χ3v) is 5.25. The average molecular weight is 255 g/mol. The molecule has 1 heterocycles. The van der Waals surface area contributed by atoms with E-state index in [-0.39, 0.29) is 6.04 Å². The highest BCUT2D eigenvalue weighted by Gasteiger charge is 2.55. The van der Waals surface area contributed by atoms with Gasteiger partial charge in [0, 0.05) is 23.4 Å². The van der Waals surface area contributed by atoms with Gasteiger partial charge in [-0.05, 0) is 36.7 Å². The van der Waals surface area contributed by atoms with Crippen molar-refractivity contribution in [3.63, 3.8) is 0 Å². The maximum absolute atomic E-state index is 6.62. The van der Waals surface area contributed by atoms with Gasteiger partial charge in [0.15, 0.2) is 0 Å². The molecule has 2 aliphatic carbocycles. The van der Waals surface area contributed by atoms with Crippen molar-refractivity contribution in [2.75, 3.05) is 0 Å². The van der Waals surface area contributed by atoms with Crippen molar-refractivity contribution in [1.29, 1.82) is 0 Å². The molecule has 2 nitrogen and oxygen atoms in total. The van der Waals surface area contributed by atoms with Crippen molar-refractivity contribution >= 4 is 11.0 Å². The molecule has 4 rings (SSSR count). The van der Waals surface area contributed by atoms with Gasteiger partial charge in [-0.1, -0.05) is 31.5 Å². The number of hydrogen-bond donors (Lipinski definition) is 1. The molecule has 2 fully saturated rings. The molecular weight excluding hydrogens is 234 g/mol. The number of aryl methyl sites for hydroxylation is 1. The largest absolute Gasteiger partial charge is 0.461 e. The van der Waals surface area contributed by atoms with Gasteiger partial charge in [0.25, 0.3) is 0 Å². The van der Waals surface area contributed by atoms with Crippen LogP contribution in [0.2, 0.25) is 0 Å². The van der Waals surface area contributed by atoms with Gasteiger partial charge in [-0.2, -0.15) is 0 Å². The number of fused-ring (bicyclic) bond motifs is 2. The molecule has 3 unspecified atom stereocenters. The number of para-hydroxylation sites is 1. The van der Waals surface area contributed by atoms with E-state index >= 15 is 0 Å². The summed E-state index contributed by atoms with van der Waals surface area (Å²) in [6.45, 7) is 2.15. The van der Waals surface area contributed by atoms with E-state index < -0.39 is 0 Å². The highest BCUT2D eigenvalue weighted by molar-refractivity contribution is 5.83. The van der Waals surface area contributed by atoms with Crippen molar-refractivity contribution in [2.45, 2.75) is 38.6 Å². The molecule has 100 valence electrons. The van der Waals surface area contributed by atoms with Crippen LogP contribution in [0.5, 0.6) is 0 Å². The zero-order chi connectivity index (χ0) is 13.0. The minimum Gasteiger partial charge on any atom is -0.461 e. The average Bonchev–Trinajstić information content (AvgIpc) is 2.81. The topological polar surface area (TPSA) is 39.2 Å². The Balaban J connectivity index is 1.77. The van der Waals surface area contributed by atoms with E-state index in [4.69, 9.17) is 10.2 Å². The van der Waals surface area contributed by atoms with Crippen molar-refractivity contribution in [2.24, 2.45) is 23.5 Å². The molecule has 0 aliphatic heterocycles. The van der Waals surface area contributed by atoms with Crippen LogP contribution in [-0.4, -0.2) is 0 Å². The molecular formula is C17H21NO. The van der Waals surface area contributed by atoms with Gasteiger partial charge in [-0.15, -0.1) is 0 Å². The van der Waals surface area contributed by atoms with Crippen molar-refractivity contribution in [1.82, 2.24) is 0 Å². The zero-order valence-corrected chi connectivity index (χ0v) is 11.4. The Morgan fingerprint density at radius 3 is 2.74 bits per heavy atom. The molecule has 2 saturated carbocycles. The molecule has 19 heavy (non-hydrogen) atoms. The summed E-state index contributed by atoms with van der Waals surface area (Å²) in [7, 11) is 0. The standard InChI is InChI=1S/C17H21NO/c1-2-13-16(12-6-3-4-9-14(12)19-13)17(18)15-10-7-5-8-11(10)15/h3-4,6,9-11,15,17H,2,5,7-8,18H2,1H3. The minimum atomic E-state index is 0.175. The summed E-state index contributed by atoms with van der Waals surface area (Å²) in [6.07, 6.45) is 5.12. The Labute approximate surface area is 114 Å². The first-order valence-electron chi connectivity index (χ1n) is 7.57. The monoisotopic (exact) mass is 255 g/mol. The number of benzene rings is 1. The summed E-state index contributed by atoms with van der Waals surface area (Å²) < 4.78 is 5.99. The van der Waals surface area contributed by atoms with E-state index in [1.807, 2.05) is 6.07 Å². The van der Waals surface area contributed by atoms with Crippen LogP contribution in [0.4, 0.5) is 0 Å². The summed E-state index contributed by atoms with van der Waals surface area (Å²) >= 11 is 0. The molecule has 0 radical (unpaired) electrons. The third kappa shape index (κ3) is 1.59. The van der Waals surface area contributed by atoms with Crippen LogP contribution in [0.15, 0.2) is 28.7 Å². The van der Waals surface area contributed by atoms with Crippen LogP contribution in [-0.2, 0) is 6.42 Å². The van der Waals surface area contributed by atoms with E-state index in [2.05, 4.69) is 25.1 Å². The second-order valence-electron chi connectivity index (χ2n) is 6.15. The third-order valence-electron chi connectivity index (χ3n) is 5.25. The van der Waals surface area contributed by atoms with Crippen molar-refractivity contribution in [3.05, 3.63) is 35.6 Å². The van der Waals surface area contributed by atoms with Gasteiger partial charge in [0.1, 0.15) is 11.3 Å². The second-order valence-corrected chi connectivity index (χ2v) is 6.15. The fraction of sp³-hybridized carbons (Fsp3) is 0.529. The van der Waals surface area contributed by atoms with E-state index in [0.29, 0.717) is 5.92 Å². The number of rotatable bonds is 3. The van der Waals surface area contributed by atoms with Gasteiger partial charge in [-0.25, -0.2) is 0 Å². The van der Waals surface area contributed by atoms with Gasteiger partial charge in [-0.3, -0.25) is 0 Å². The number of furan rings is 1. The Morgan fingerprint density at radius 1 is 1.26 bits per heavy atom. The Bertz CT molecular complexity index is 605. The Hall–Kier alpha value is -1.28. The molecule has 2 N–H and O–H groups in total. The molecule has 0 saturated heterocycles. The van der Waals surface area contributed by atoms with Gasteiger partial charge in [0.05, 0.1) is 0 Å². The highest BCUT2D eigenvalue weighted by atomic mass is 16.3. The molecule has 1 aromatic heterocycles. The normalized spacial score (nSPS) is 30.5. The molecule has 0 bridgehead atoms. The fourth-order valence-corrected chi connectivity index (χ4v) is 4.35. The SMILES string of the molecule is CCc1oc2ccccc2c1C(N)C1C2CCCC21. The molecule has 3 atom stereocenters. The smallest absolute Gasteiger partial charge is 0.134 e. The summed E-state index contributed by atoms with van der Waals surface area (Å²) in [4.78, 5) is 0. The van der Waals surface area contributed by atoms with Crippen LogP contribution in [0.25, 0.3) is 11.0 Å². The predicted octanol–water partition coefficient (Wildman–Crippen LogP) is 4.04. The van der Waals surface area contributed by atoms with Crippen LogP contribution < -0.4 is 5.73 Å². The Morgan fingerprint density at radius 2 is 2.00 bits per heavy atom. The predicted molar refractivity (Wildman–Crippen MR) is 76.8 cm³/mol. The maximum Gasteiger partial charge on any atom is 0.134 e.